The molecule has 0 amide bonds. The van der Waals surface area contributed by atoms with Crippen LogP contribution >= 0.6 is 11.8 Å². The molecule has 3 unspecified atom stereocenters. The monoisotopic (exact) mass is 245 g/mol. The summed E-state index contributed by atoms with van der Waals surface area (Å²) in [6.07, 6.45) is 7.98. The van der Waals surface area contributed by atoms with Crippen molar-refractivity contribution in [1.82, 2.24) is 5.32 Å². The molecule has 0 radical (unpaired) electrons. The molecular weight excluding hydrogens is 222 g/mol. The van der Waals surface area contributed by atoms with Crippen molar-refractivity contribution in [3.8, 4) is 0 Å². The number of nitrogens with two attached hydrogens (primary N) is 1. The minimum Gasteiger partial charge on any atom is -0.409 e. The second-order valence-corrected chi connectivity index (χ2v) is 5.61. The maximum atomic E-state index is 8.52. The predicted octanol–water partition coefficient (Wildman–Crippen LogP) is 1.78. The highest BCUT2D eigenvalue weighted by molar-refractivity contribution is 7.99. The number of hydrogen-bond donors (Lipinski definition) is 3. The van der Waals surface area contributed by atoms with Crippen LogP contribution in [0.4, 0.5) is 0 Å². The van der Waals surface area contributed by atoms with E-state index < -0.39 is 0 Å². The van der Waals surface area contributed by atoms with Crippen LogP contribution in [-0.4, -0.2) is 34.6 Å². The average Bonchev–Trinajstić information content (AvgIpc) is 2.29. The van der Waals surface area contributed by atoms with Gasteiger partial charge in [-0.3, -0.25) is 0 Å². The quantitative estimate of drug-likeness (QED) is 0.299. The fraction of sp³-hybridized carbons (Fsp3) is 0.909. The number of thioether (sulfide) groups is 1. The normalized spacial score (nSPS) is 29.0. The van der Waals surface area contributed by atoms with Crippen LogP contribution < -0.4 is 11.1 Å². The fourth-order valence-corrected chi connectivity index (χ4v) is 3.29. The Bertz CT molecular complexity index is 235. The molecule has 94 valence electrons. The van der Waals surface area contributed by atoms with Crippen molar-refractivity contribution in [1.29, 1.82) is 0 Å². The lowest BCUT2D eigenvalue weighted by Crippen LogP contribution is -2.45. The van der Waals surface area contributed by atoms with Gasteiger partial charge in [0.2, 0.25) is 0 Å². The Morgan fingerprint density at radius 1 is 1.56 bits per heavy atom. The van der Waals surface area contributed by atoms with Crippen LogP contribution in [0.5, 0.6) is 0 Å². The van der Waals surface area contributed by atoms with Crippen molar-refractivity contribution in [2.24, 2.45) is 10.9 Å². The summed E-state index contributed by atoms with van der Waals surface area (Å²) in [5, 5.41) is 15.8. The van der Waals surface area contributed by atoms with E-state index in [1.54, 1.807) is 0 Å². The van der Waals surface area contributed by atoms with Gasteiger partial charge in [0.15, 0.2) is 0 Å². The van der Waals surface area contributed by atoms with Crippen LogP contribution in [-0.2, 0) is 0 Å². The summed E-state index contributed by atoms with van der Waals surface area (Å²) in [6.45, 7) is 2.09. The van der Waals surface area contributed by atoms with E-state index in [4.69, 9.17) is 10.9 Å². The molecule has 16 heavy (non-hydrogen) atoms. The summed E-state index contributed by atoms with van der Waals surface area (Å²) in [5.74, 6) is 0.302. The zero-order valence-electron chi connectivity index (χ0n) is 10.1. The highest BCUT2D eigenvalue weighted by Crippen LogP contribution is 2.27. The lowest BCUT2D eigenvalue weighted by molar-refractivity contribution is 0.313. The zero-order valence-corrected chi connectivity index (χ0v) is 11.0. The number of oxime groups is 1. The van der Waals surface area contributed by atoms with Gasteiger partial charge in [0.05, 0.1) is 0 Å². The molecule has 0 aromatic heterocycles. The first kappa shape index (κ1) is 13.6. The van der Waals surface area contributed by atoms with Gasteiger partial charge in [-0.1, -0.05) is 18.0 Å². The van der Waals surface area contributed by atoms with Crippen molar-refractivity contribution in [2.45, 2.75) is 56.4 Å². The standard InChI is InChI=1S/C11H23N3OS/c1-8(7-11(12)14-15)13-9-5-3-4-6-10(9)16-2/h8-10,13,15H,3-7H2,1-2H3,(H2,12,14). The van der Waals surface area contributed by atoms with Gasteiger partial charge in [0.25, 0.3) is 0 Å². The molecule has 3 atom stereocenters. The molecule has 1 saturated carbocycles. The predicted molar refractivity (Wildman–Crippen MR) is 70.2 cm³/mol. The first-order valence-corrected chi connectivity index (χ1v) is 7.21. The van der Waals surface area contributed by atoms with Gasteiger partial charge in [0, 0.05) is 23.8 Å². The Kier molecular flexibility index (Phi) is 5.98. The summed E-state index contributed by atoms with van der Waals surface area (Å²) >= 11 is 1.95. The van der Waals surface area contributed by atoms with Crippen LogP contribution in [0.25, 0.3) is 0 Å². The second-order valence-electron chi connectivity index (χ2n) is 4.53. The SMILES string of the molecule is CSC1CCCCC1NC(C)CC(N)=NO. The van der Waals surface area contributed by atoms with Gasteiger partial charge in [-0.25, -0.2) is 0 Å². The molecule has 0 bridgehead atoms. The van der Waals surface area contributed by atoms with Crippen molar-refractivity contribution in [3.05, 3.63) is 0 Å². The molecule has 1 rings (SSSR count). The Balaban J connectivity index is 2.38. The summed E-state index contributed by atoms with van der Waals surface area (Å²) in [6, 6.07) is 0.846. The third kappa shape index (κ3) is 4.22. The minimum absolute atomic E-state index is 0.272. The van der Waals surface area contributed by atoms with Crippen LogP contribution in [0.15, 0.2) is 5.16 Å². The van der Waals surface area contributed by atoms with E-state index in [9.17, 15) is 0 Å². The second kappa shape index (κ2) is 7.01. The summed E-state index contributed by atoms with van der Waals surface area (Å²) in [7, 11) is 0. The molecule has 0 aromatic carbocycles. The molecule has 0 spiro atoms. The Labute approximate surface area is 102 Å². The van der Waals surface area contributed by atoms with Crippen molar-refractivity contribution in [2.75, 3.05) is 6.26 Å². The average molecular weight is 245 g/mol. The molecule has 4 nitrogen and oxygen atoms in total. The maximum Gasteiger partial charge on any atom is 0.140 e. The van der Waals surface area contributed by atoms with Gasteiger partial charge in [0.1, 0.15) is 5.84 Å². The van der Waals surface area contributed by atoms with Crippen LogP contribution in [0.2, 0.25) is 0 Å². The summed E-state index contributed by atoms with van der Waals surface area (Å²) < 4.78 is 0. The van der Waals surface area contributed by atoms with Gasteiger partial charge < -0.3 is 16.3 Å². The highest BCUT2D eigenvalue weighted by Gasteiger charge is 2.25. The van der Waals surface area contributed by atoms with E-state index in [2.05, 4.69) is 23.7 Å². The van der Waals surface area contributed by atoms with E-state index >= 15 is 0 Å². The summed E-state index contributed by atoms with van der Waals surface area (Å²) in [4.78, 5) is 0. The molecule has 0 saturated heterocycles. The van der Waals surface area contributed by atoms with E-state index in [1.807, 2.05) is 11.8 Å². The largest absolute Gasteiger partial charge is 0.409 e. The molecule has 0 heterocycles. The third-order valence-corrected chi connectivity index (χ3v) is 4.32. The lowest BCUT2D eigenvalue weighted by atomic mass is 9.94. The number of rotatable bonds is 5. The zero-order chi connectivity index (χ0) is 12.0. The smallest absolute Gasteiger partial charge is 0.140 e. The molecule has 4 N–H and O–H groups in total. The molecule has 5 heteroatoms. The first-order chi connectivity index (χ1) is 7.67. The van der Waals surface area contributed by atoms with E-state index in [-0.39, 0.29) is 6.04 Å². The minimum atomic E-state index is 0.272. The molecular formula is C11H23N3OS. The topological polar surface area (TPSA) is 70.6 Å². The number of hydrogen-bond acceptors (Lipinski definition) is 4. The molecule has 0 aromatic rings. The Hall–Kier alpha value is -0.420. The van der Waals surface area contributed by atoms with Gasteiger partial charge in [-0.15, -0.1) is 0 Å². The van der Waals surface area contributed by atoms with E-state index in [1.165, 1.54) is 25.7 Å². The molecule has 1 aliphatic rings. The number of amidine groups is 1. The van der Waals surface area contributed by atoms with Gasteiger partial charge in [-0.2, -0.15) is 11.8 Å². The Morgan fingerprint density at radius 3 is 2.88 bits per heavy atom. The maximum absolute atomic E-state index is 8.52. The lowest BCUT2D eigenvalue weighted by Gasteiger charge is -2.33. The van der Waals surface area contributed by atoms with Crippen LogP contribution in [0.3, 0.4) is 0 Å². The van der Waals surface area contributed by atoms with Gasteiger partial charge >= 0.3 is 0 Å². The van der Waals surface area contributed by atoms with Crippen molar-refractivity contribution < 1.29 is 5.21 Å². The summed E-state index contributed by atoms with van der Waals surface area (Å²) in [5.41, 5.74) is 5.50. The van der Waals surface area contributed by atoms with Crippen LogP contribution in [0, 0.1) is 0 Å². The first-order valence-electron chi connectivity index (χ1n) is 5.92. The molecule has 0 aliphatic heterocycles. The number of nitrogens with one attached hydrogen (secondary N) is 1. The molecule has 1 fully saturated rings. The van der Waals surface area contributed by atoms with E-state index in [0.29, 0.717) is 23.5 Å². The fourth-order valence-electron chi connectivity index (χ4n) is 2.35. The van der Waals surface area contributed by atoms with Gasteiger partial charge in [-0.05, 0) is 26.0 Å². The van der Waals surface area contributed by atoms with Crippen molar-refractivity contribution in [3.63, 3.8) is 0 Å². The van der Waals surface area contributed by atoms with Crippen LogP contribution in [0.1, 0.15) is 39.0 Å². The molecule has 1 aliphatic carbocycles. The van der Waals surface area contributed by atoms with Crippen molar-refractivity contribution >= 4 is 17.6 Å². The Morgan fingerprint density at radius 2 is 2.25 bits per heavy atom. The third-order valence-electron chi connectivity index (χ3n) is 3.15. The number of nitrogens with zero attached hydrogens (tertiary/aromatic N) is 1. The van der Waals surface area contributed by atoms with E-state index in [0.717, 1.165) is 0 Å². The highest BCUT2D eigenvalue weighted by atomic mass is 32.2.